The van der Waals surface area contributed by atoms with Crippen LogP contribution in [0.25, 0.3) is 11.0 Å². The Balaban J connectivity index is 1.58. The lowest BCUT2D eigenvalue weighted by Gasteiger charge is -2.55. The summed E-state index contributed by atoms with van der Waals surface area (Å²) in [5.74, 6) is 1.88. The van der Waals surface area contributed by atoms with Gasteiger partial charge in [-0.05, 0) is 18.2 Å². The van der Waals surface area contributed by atoms with Crippen LogP contribution in [0.1, 0.15) is 32.3 Å². The van der Waals surface area contributed by atoms with Crippen LogP contribution in [0.4, 0.5) is 5.82 Å². The first kappa shape index (κ1) is 17.9. The summed E-state index contributed by atoms with van der Waals surface area (Å²) in [7, 11) is 0. The number of pyridine rings is 1. The van der Waals surface area contributed by atoms with Gasteiger partial charge in [-0.15, -0.1) is 0 Å². The molecule has 2 aliphatic heterocycles. The van der Waals surface area contributed by atoms with Gasteiger partial charge in [0.1, 0.15) is 17.3 Å². The van der Waals surface area contributed by atoms with Crippen molar-refractivity contribution < 1.29 is 4.74 Å². The highest BCUT2D eigenvalue weighted by Crippen LogP contribution is 2.42. The number of hydrogen-bond acceptors (Lipinski definition) is 5. The number of rotatable bonds is 3. The zero-order valence-electron chi connectivity index (χ0n) is 16.4. The predicted molar refractivity (Wildman–Crippen MR) is 110 cm³/mol. The number of fused-ring (bicyclic) bond motifs is 1. The van der Waals surface area contributed by atoms with Crippen LogP contribution in [0.3, 0.4) is 0 Å². The van der Waals surface area contributed by atoms with Crippen LogP contribution in [0, 0.1) is 5.41 Å². The maximum atomic E-state index is 6.33. The SMILES string of the molecule is CC(C)(C)c1nc(N2CC3(COC3)C2)c2ccn(Cc3ncccc3Cl)c2n1. The minimum absolute atomic E-state index is 0.136. The van der Waals surface area contributed by atoms with E-state index in [4.69, 9.17) is 26.3 Å². The summed E-state index contributed by atoms with van der Waals surface area (Å²) < 4.78 is 7.55. The van der Waals surface area contributed by atoms with Gasteiger partial charge in [-0.1, -0.05) is 32.4 Å². The van der Waals surface area contributed by atoms with E-state index in [1.165, 1.54) is 0 Å². The van der Waals surface area contributed by atoms with Crippen molar-refractivity contribution in [2.75, 3.05) is 31.2 Å². The highest BCUT2D eigenvalue weighted by atomic mass is 35.5. The van der Waals surface area contributed by atoms with Gasteiger partial charge in [0.2, 0.25) is 0 Å². The largest absolute Gasteiger partial charge is 0.380 e. The van der Waals surface area contributed by atoms with Crippen LogP contribution >= 0.6 is 11.6 Å². The van der Waals surface area contributed by atoms with Crippen LogP contribution in [0.2, 0.25) is 5.02 Å². The van der Waals surface area contributed by atoms with Gasteiger partial charge in [0.25, 0.3) is 0 Å². The Labute approximate surface area is 169 Å². The summed E-state index contributed by atoms with van der Waals surface area (Å²) in [5, 5.41) is 1.75. The molecule has 6 nitrogen and oxygen atoms in total. The average Bonchev–Trinajstić information content (AvgIpc) is 2.97. The van der Waals surface area contributed by atoms with Gasteiger partial charge in [-0.2, -0.15) is 0 Å². The van der Waals surface area contributed by atoms with E-state index in [-0.39, 0.29) is 5.41 Å². The first-order valence-corrected chi connectivity index (χ1v) is 10.0. The summed E-state index contributed by atoms with van der Waals surface area (Å²) in [5.41, 5.74) is 1.97. The van der Waals surface area contributed by atoms with Crippen LogP contribution < -0.4 is 4.90 Å². The Morgan fingerprint density at radius 3 is 2.61 bits per heavy atom. The summed E-state index contributed by atoms with van der Waals surface area (Å²) >= 11 is 6.33. The fraction of sp³-hybridized carbons (Fsp3) is 0.476. The van der Waals surface area contributed by atoms with Crippen LogP contribution in [0.15, 0.2) is 30.6 Å². The van der Waals surface area contributed by atoms with Crippen LogP contribution in [0.5, 0.6) is 0 Å². The third-order valence-electron chi connectivity index (χ3n) is 5.59. The number of aromatic nitrogens is 4. The third-order valence-corrected chi connectivity index (χ3v) is 5.94. The molecule has 0 bridgehead atoms. The number of anilines is 1. The Morgan fingerprint density at radius 1 is 1.18 bits per heavy atom. The summed E-state index contributed by atoms with van der Waals surface area (Å²) in [6, 6.07) is 5.83. The number of halogens is 1. The fourth-order valence-corrected chi connectivity index (χ4v) is 4.12. The second-order valence-corrected chi connectivity index (χ2v) is 9.49. The normalized spacial score (nSPS) is 18.4. The molecule has 0 aromatic carbocycles. The van der Waals surface area contributed by atoms with E-state index in [1.807, 2.05) is 12.1 Å². The van der Waals surface area contributed by atoms with Crippen molar-refractivity contribution >= 4 is 28.5 Å². The van der Waals surface area contributed by atoms with Crippen LogP contribution in [-0.4, -0.2) is 45.8 Å². The molecule has 0 aliphatic carbocycles. The lowest BCUT2D eigenvalue weighted by Crippen LogP contribution is -2.66. The monoisotopic (exact) mass is 397 g/mol. The van der Waals surface area contributed by atoms with Crippen LogP contribution in [-0.2, 0) is 16.7 Å². The second kappa shape index (κ2) is 6.16. The number of hydrogen-bond donors (Lipinski definition) is 0. The molecule has 146 valence electrons. The van der Waals surface area contributed by atoms with Crippen molar-refractivity contribution in [3.63, 3.8) is 0 Å². The molecule has 0 saturated carbocycles. The Hall–Kier alpha value is -2.18. The summed E-state index contributed by atoms with van der Waals surface area (Å²) in [6.07, 6.45) is 3.83. The maximum absolute atomic E-state index is 6.33. The Kier molecular flexibility index (Phi) is 3.93. The highest BCUT2D eigenvalue weighted by molar-refractivity contribution is 6.31. The molecule has 0 unspecified atom stereocenters. The molecule has 2 aliphatic rings. The molecule has 28 heavy (non-hydrogen) atoms. The van der Waals surface area contributed by atoms with Crippen molar-refractivity contribution in [3.8, 4) is 0 Å². The molecule has 2 saturated heterocycles. The highest BCUT2D eigenvalue weighted by Gasteiger charge is 2.50. The van der Waals surface area contributed by atoms with Gasteiger partial charge >= 0.3 is 0 Å². The van der Waals surface area contributed by atoms with Crippen molar-refractivity contribution in [1.29, 1.82) is 0 Å². The van der Waals surface area contributed by atoms with E-state index >= 15 is 0 Å². The molecular weight excluding hydrogens is 374 g/mol. The molecule has 1 spiro atoms. The van der Waals surface area contributed by atoms with Gasteiger partial charge in [-0.3, -0.25) is 4.98 Å². The number of nitrogens with zero attached hydrogens (tertiary/aromatic N) is 5. The molecule has 5 rings (SSSR count). The number of ether oxygens (including phenoxy) is 1. The van der Waals surface area contributed by atoms with E-state index in [0.29, 0.717) is 17.0 Å². The van der Waals surface area contributed by atoms with Gasteiger partial charge in [0.15, 0.2) is 0 Å². The molecule has 7 heteroatoms. The minimum atomic E-state index is -0.136. The lowest BCUT2D eigenvalue weighted by molar-refractivity contribution is -0.127. The predicted octanol–water partition coefficient (Wildman–Crippen LogP) is 3.66. The third kappa shape index (κ3) is 2.86. The van der Waals surface area contributed by atoms with E-state index in [0.717, 1.165) is 54.7 Å². The fourth-order valence-electron chi connectivity index (χ4n) is 3.94. The Bertz CT molecular complexity index is 1040. The maximum Gasteiger partial charge on any atom is 0.146 e. The van der Waals surface area contributed by atoms with Gasteiger partial charge in [0, 0.05) is 30.9 Å². The molecule has 3 aromatic heterocycles. The minimum Gasteiger partial charge on any atom is -0.380 e. The van der Waals surface area contributed by atoms with Crippen molar-refractivity contribution in [2.24, 2.45) is 5.41 Å². The molecule has 0 N–H and O–H groups in total. The molecule has 2 fully saturated rings. The topological polar surface area (TPSA) is 56.1 Å². The smallest absolute Gasteiger partial charge is 0.146 e. The van der Waals surface area contributed by atoms with Crippen molar-refractivity contribution in [2.45, 2.75) is 32.7 Å². The van der Waals surface area contributed by atoms with E-state index in [2.05, 4.69) is 47.5 Å². The van der Waals surface area contributed by atoms with E-state index in [9.17, 15) is 0 Å². The molecule has 3 aromatic rings. The summed E-state index contributed by atoms with van der Waals surface area (Å²) in [6.45, 7) is 10.8. The molecule has 0 amide bonds. The standard InChI is InChI=1S/C21H24ClN5O/c1-20(2,3)19-24-17-14(18(25-19)27-10-21(11-27)12-28-13-21)6-8-26(17)9-16-15(22)5-4-7-23-16/h4-8H,9-13H2,1-3H3. The first-order valence-electron chi connectivity index (χ1n) is 9.64. The van der Waals surface area contributed by atoms with E-state index in [1.54, 1.807) is 6.20 Å². The molecule has 5 heterocycles. The zero-order chi connectivity index (χ0) is 19.5. The Morgan fingerprint density at radius 2 is 1.96 bits per heavy atom. The van der Waals surface area contributed by atoms with Gasteiger partial charge in [0.05, 0.1) is 41.3 Å². The summed E-state index contributed by atoms with van der Waals surface area (Å²) in [4.78, 5) is 16.7. The molecule has 0 radical (unpaired) electrons. The van der Waals surface area contributed by atoms with Crippen molar-refractivity contribution in [1.82, 2.24) is 19.5 Å². The molecular formula is C21H24ClN5O. The van der Waals surface area contributed by atoms with Gasteiger partial charge < -0.3 is 14.2 Å². The second-order valence-electron chi connectivity index (χ2n) is 9.08. The van der Waals surface area contributed by atoms with Gasteiger partial charge in [-0.25, -0.2) is 9.97 Å². The van der Waals surface area contributed by atoms with Crippen molar-refractivity contribution in [3.05, 3.63) is 47.1 Å². The average molecular weight is 398 g/mol. The first-order chi connectivity index (χ1) is 13.3. The lowest BCUT2D eigenvalue weighted by atomic mass is 9.78. The quantitative estimate of drug-likeness (QED) is 0.675. The van der Waals surface area contributed by atoms with E-state index < -0.39 is 0 Å². The molecule has 0 atom stereocenters. The zero-order valence-corrected chi connectivity index (χ0v) is 17.2.